The second kappa shape index (κ2) is 5.21. The van der Waals surface area contributed by atoms with Crippen LogP contribution in [0.5, 0.6) is 0 Å². The highest BCUT2D eigenvalue weighted by molar-refractivity contribution is 5.98. The Morgan fingerprint density at radius 2 is 1.67 bits per heavy atom. The van der Waals surface area contributed by atoms with Crippen molar-refractivity contribution >= 4 is 11.8 Å². The normalized spacial score (nSPS) is 16.4. The fourth-order valence-corrected chi connectivity index (χ4v) is 2.69. The van der Waals surface area contributed by atoms with Crippen molar-refractivity contribution < 1.29 is 9.59 Å². The predicted molar refractivity (Wildman–Crippen MR) is 69.3 cm³/mol. The molecule has 0 heterocycles. The van der Waals surface area contributed by atoms with Gasteiger partial charge in [0.05, 0.1) is 0 Å². The van der Waals surface area contributed by atoms with E-state index < -0.39 is 11.8 Å². The number of benzene rings is 1. The fourth-order valence-electron chi connectivity index (χ4n) is 2.69. The van der Waals surface area contributed by atoms with Crippen LogP contribution >= 0.6 is 0 Å². The molecular weight excluding hydrogens is 228 g/mol. The quantitative estimate of drug-likeness (QED) is 0.853. The number of rotatable bonds is 3. The van der Waals surface area contributed by atoms with E-state index in [1.807, 2.05) is 0 Å². The molecule has 2 rings (SSSR count). The number of primary amides is 2. The lowest BCUT2D eigenvalue weighted by Crippen LogP contribution is -2.19. The minimum Gasteiger partial charge on any atom is -0.366 e. The third-order valence-electron chi connectivity index (χ3n) is 3.65. The monoisotopic (exact) mass is 246 g/mol. The average Bonchev–Trinajstić information content (AvgIpc) is 2.39. The van der Waals surface area contributed by atoms with E-state index in [1.165, 1.54) is 6.42 Å². The topological polar surface area (TPSA) is 86.2 Å². The summed E-state index contributed by atoms with van der Waals surface area (Å²) >= 11 is 0. The van der Waals surface area contributed by atoms with Gasteiger partial charge < -0.3 is 11.5 Å². The lowest BCUT2D eigenvalue weighted by atomic mass is 9.81. The number of carbonyl (C=O) groups excluding carboxylic acids is 2. The Hall–Kier alpha value is -1.84. The lowest BCUT2D eigenvalue weighted by molar-refractivity contribution is 0.0987. The van der Waals surface area contributed by atoms with Crippen LogP contribution in [0, 0.1) is 0 Å². The van der Waals surface area contributed by atoms with E-state index >= 15 is 0 Å². The van der Waals surface area contributed by atoms with E-state index in [-0.39, 0.29) is 0 Å². The van der Waals surface area contributed by atoms with Crippen molar-refractivity contribution in [3.8, 4) is 0 Å². The number of hydrogen-bond donors (Lipinski definition) is 2. The molecule has 1 aliphatic carbocycles. The lowest BCUT2D eigenvalue weighted by Gasteiger charge is -2.24. The zero-order valence-electron chi connectivity index (χ0n) is 10.3. The van der Waals surface area contributed by atoms with Crippen LogP contribution < -0.4 is 11.5 Å². The number of amides is 2. The van der Waals surface area contributed by atoms with Gasteiger partial charge in [0, 0.05) is 11.1 Å². The van der Waals surface area contributed by atoms with E-state index in [0.717, 1.165) is 31.2 Å². The number of carbonyl (C=O) groups is 2. The molecule has 4 heteroatoms. The highest BCUT2D eigenvalue weighted by Crippen LogP contribution is 2.34. The summed E-state index contributed by atoms with van der Waals surface area (Å²) < 4.78 is 0. The van der Waals surface area contributed by atoms with Crippen molar-refractivity contribution in [2.75, 3.05) is 0 Å². The van der Waals surface area contributed by atoms with Gasteiger partial charge in [0.1, 0.15) is 0 Å². The molecule has 1 aromatic rings. The summed E-state index contributed by atoms with van der Waals surface area (Å²) in [5.74, 6) is -0.588. The maximum atomic E-state index is 11.5. The predicted octanol–water partition coefficient (Wildman–Crippen LogP) is 1.93. The Bertz CT molecular complexity index is 477. The summed E-state index contributed by atoms with van der Waals surface area (Å²) in [5.41, 5.74) is 12.5. The van der Waals surface area contributed by atoms with Crippen LogP contribution in [0.4, 0.5) is 0 Å². The van der Waals surface area contributed by atoms with Crippen molar-refractivity contribution in [3.05, 3.63) is 34.9 Å². The van der Waals surface area contributed by atoms with Crippen LogP contribution in [-0.4, -0.2) is 11.8 Å². The van der Waals surface area contributed by atoms with Gasteiger partial charge in [-0.3, -0.25) is 9.59 Å². The molecule has 96 valence electrons. The van der Waals surface area contributed by atoms with Gasteiger partial charge in [-0.25, -0.2) is 0 Å². The van der Waals surface area contributed by atoms with Gasteiger partial charge in [0.15, 0.2) is 0 Å². The van der Waals surface area contributed by atoms with Crippen molar-refractivity contribution in [3.63, 3.8) is 0 Å². The Morgan fingerprint density at radius 3 is 2.22 bits per heavy atom. The minimum absolute atomic E-state index is 0.320. The molecule has 0 spiro atoms. The molecule has 0 atom stereocenters. The fraction of sp³-hybridized carbons (Fsp3) is 0.429. The summed E-state index contributed by atoms with van der Waals surface area (Å²) in [6.45, 7) is 0. The highest BCUT2D eigenvalue weighted by atomic mass is 16.1. The van der Waals surface area contributed by atoms with Gasteiger partial charge >= 0.3 is 0 Å². The first kappa shape index (κ1) is 12.6. The molecule has 1 fully saturated rings. The van der Waals surface area contributed by atoms with Gasteiger partial charge in [-0.2, -0.15) is 0 Å². The van der Waals surface area contributed by atoms with Gasteiger partial charge in [-0.15, -0.1) is 0 Å². The molecular formula is C14H18N2O2. The van der Waals surface area contributed by atoms with Crippen LogP contribution in [0.3, 0.4) is 0 Å². The second-order valence-corrected chi connectivity index (χ2v) is 4.87. The van der Waals surface area contributed by atoms with Crippen LogP contribution in [0.1, 0.15) is 64.3 Å². The average molecular weight is 246 g/mol. The smallest absolute Gasteiger partial charge is 0.248 e. The van der Waals surface area contributed by atoms with Crippen molar-refractivity contribution in [2.45, 2.75) is 38.0 Å². The Labute approximate surface area is 106 Å². The standard InChI is InChI=1S/C14H18N2O2/c15-13(17)10-6-7-11(14(16)18)12(8-10)9-4-2-1-3-5-9/h6-9H,1-5H2,(H2,15,17)(H2,16,18). The van der Waals surface area contributed by atoms with E-state index in [1.54, 1.807) is 18.2 Å². The molecule has 4 N–H and O–H groups in total. The number of hydrogen-bond acceptors (Lipinski definition) is 2. The molecule has 1 aliphatic rings. The van der Waals surface area contributed by atoms with Crippen LogP contribution in [-0.2, 0) is 0 Å². The first-order valence-corrected chi connectivity index (χ1v) is 6.33. The zero-order chi connectivity index (χ0) is 13.1. The SMILES string of the molecule is NC(=O)c1ccc(C(N)=O)c(C2CCCCC2)c1. The maximum absolute atomic E-state index is 11.5. The van der Waals surface area contributed by atoms with Crippen molar-refractivity contribution in [1.29, 1.82) is 0 Å². The molecule has 4 nitrogen and oxygen atoms in total. The molecule has 0 radical (unpaired) electrons. The van der Waals surface area contributed by atoms with Gasteiger partial charge in [0.2, 0.25) is 11.8 Å². The van der Waals surface area contributed by atoms with E-state index in [2.05, 4.69) is 0 Å². The Balaban J connectivity index is 2.42. The summed E-state index contributed by atoms with van der Waals surface area (Å²) in [7, 11) is 0. The third-order valence-corrected chi connectivity index (χ3v) is 3.65. The van der Waals surface area contributed by atoms with Crippen molar-refractivity contribution in [2.24, 2.45) is 11.5 Å². The largest absolute Gasteiger partial charge is 0.366 e. The molecule has 1 aromatic carbocycles. The highest BCUT2D eigenvalue weighted by Gasteiger charge is 2.21. The molecule has 0 bridgehead atoms. The third kappa shape index (κ3) is 2.53. The first-order valence-electron chi connectivity index (χ1n) is 6.33. The number of nitrogens with two attached hydrogens (primary N) is 2. The molecule has 1 saturated carbocycles. The van der Waals surface area contributed by atoms with E-state index in [4.69, 9.17) is 11.5 Å². The summed E-state index contributed by atoms with van der Waals surface area (Å²) in [5, 5.41) is 0. The molecule has 18 heavy (non-hydrogen) atoms. The van der Waals surface area contributed by atoms with Crippen LogP contribution in [0.2, 0.25) is 0 Å². The molecule has 0 saturated heterocycles. The zero-order valence-corrected chi connectivity index (χ0v) is 10.3. The Kier molecular flexibility index (Phi) is 3.65. The Morgan fingerprint density at radius 1 is 1.00 bits per heavy atom. The minimum atomic E-state index is -0.469. The summed E-state index contributed by atoms with van der Waals surface area (Å²) in [6.07, 6.45) is 5.64. The molecule has 0 unspecified atom stereocenters. The van der Waals surface area contributed by atoms with Crippen LogP contribution in [0.15, 0.2) is 18.2 Å². The van der Waals surface area contributed by atoms with Crippen molar-refractivity contribution in [1.82, 2.24) is 0 Å². The first-order chi connectivity index (χ1) is 8.59. The van der Waals surface area contributed by atoms with Gasteiger partial charge in [0.25, 0.3) is 0 Å². The van der Waals surface area contributed by atoms with Gasteiger partial charge in [-0.05, 0) is 42.5 Å². The molecule has 0 aromatic heterocycles. The van der Waals surface area contributed by atoms with E-state index in [9.17, 15) is 9.59 Å². The van der Waals surface area contributed by atoms with Gasteiger partial charge in [-0.1, -0.05) is 19.3 Å². The molecule has 0 aliphatic heterocycles. The summed E-state index contributed by atoms with van der Waals surface area (Å²) in [6, 6.07) is 4.92. The van der Waals surface area contributed by atoms with E-state index in [0.29, 0.717) is 17.0 Å². The van der Waals surface area contributed by atoms with Crippen LogP contribution in [0.25, 0.3) is 0 Å². The maximum Gasteiger partial charge on any atom is 0.248 e. The summed E-state index contributed by atoms with van der Waals surface area (Å²) in [4.78, 5) is 22.7. The second-order valence-electron chi connectivity index (χ2n) is 4.87. The molecule has 2 amide bonds.